The monoisotopic (exact) mass is 562 g/mol. The number of hydrogen-bond acceptors (Lipinski definition) is 8. The number of aromatic hydroxyl groups is 1. The molecule has 10 heteroatoms. The van der Waals surface area contributed by atoms with E-state index in [9.17, 15) is 19.8 Å². The number of carbonyl (C=O) groups is 2. The van der Waals surface area contributed by atoms with E-state index < -0.39 is 17.7 Å². The van der Waals surface area contributed by atoms with E-state index in [4.69, 9.17) is 14.2 Å². The number of likely N-dealkylation sites (tertiary alicyclic amines) is 1. The largest absolute Gasteiger partial charge is 0.507 e. The number of methoxy groups -OCH3 is 3. The molecule has 1 amide bonds. The highest BCUT2D eigenvalue weighted by Gasteiger charge is 2.46. The Morgan fingerprint density at radius 3 is 2.22 bits per heavy atom. The average molecular weight is 563 g/mol. The van der Waals surface area contributed by atoms with Crippen LogP contribution in [0.15, 0.2) is 40.4 Å². The smallest absolute Gasteiger partial charge is 0.295 e. The zero-order valence-electron chi connectivity index (χ0n) is 21.0. The van der Waals surface area contributed by atoms with E-state index in [-0.39, 0.29) is 29.4 Å². The number of ether oxygens (including phenoxy) is 3. The van der Waals surface area contributed by atoms with Gasteiger partial charge in [-0.3, -0.25) is 9.59 Å². The van der Waals surface area contributed by atoms with E-state index in [1.165, 1.54) is 26.2 Å². The molecule has 0 aliphatic carbocycles. The normalized spacial score (nSPS) is 17.1. The van der Waals surface area contributed by atoms with Crippen molar-refractivity contribution in [1.82, 2.24) is 9.80 Å². The Labute approximate surface area is 219 Å². The first-order valence-electron chi connectivity index (χ1n) is 11.5. The summed E-state index contributed by atoms with van der Waals surface area (Å²) in [7, 11) is 4.37. The van der Waals surface area contributed by atoms with Crippen molar-refractivity contribution in [2.45, 2.75) is 19.9 Å². The van der Waals surface area contributed by atoms with Gasteiger partial charge in [-0.15, -0.1) is 0 Å². The Hall–Kier alpha value is -3.24. The Kier molecular flexibility index (Phi) is 8.86. The number of carbonyl (C=O) groups excluding carboxylic acids is 2. The minimum absolute atomic E-state index is 0.0635. The molecule has 194 valence electrons. The second-order valence-electron chi connectivity index (χ2n) is 8.14. The lowest BCUT2D eigenvalue weighted by Gasteiger charge is -2.28. The van der Waals surface area contributed by atoms with E-state index in [1.54, 1.807) is 30.3 Å². The number of phenols is 1. The Balaban J connectivity index is 2.21. The molecule has 9 nitrogen and oxygen atoms in total. The van der Waals surface area contributed by atoms with Crippen molar-refractivity contribution in [1.29, 1.82) is 0 Å². The Bertz CT molecular complexity index is 1180. The summed E-state index contributed by atoms with van der Waals surface area (Å²) in [5, 5.41) is 21.7. The average Bonchev–Trinajstić information content (AvgIpc) is 3.14. The van der Waals surface area contributed by atoms with E-state index in [0.29, 0.717) is 33.6 Å². The maximum Gasteiger partial charge on any atom is 0.295 e. The van der Waals surface area contributed by atoms with Crippen LogP contribution in [0.3, 0.4) is 0 Å². The van der Waals surface area contributed by atoms with Crippen LogP contribution < -0.4 is 14.2 Å². The van der Waals surface area contributed by atoms with Crippen LogP contribution in [-0.2, 0) is 9.59 Å². The zero-order chi connectivity index (χ0) is 26.6. The van der Waals surface area contributed by atoms with Gasteiger partial charge in [-0.05, 0) is 64.9 Å². The summed E-state index contributed by atoms with van der Waals surface area (Å²) in [6.45, 7) is 6.43. The van der Waals surface area contributed by atoms with Gasteiger partial charge in [0.25, 0.3) is 11.7 Å². The lowest BCUT2D eigenvalue weighted by atomic mass is 9.94. The summed E-state index contributed by atoms with van der Waals surface area (Å²) in [6, 6.07) is 7.01. The summed E-state index contributed by atoms with van der Waals surface area (Å²) in [6.07, 6.45) is 0. The molecule has 1 aliphatic rings. The van der Waals surface area contributed by atoms with Gasteiger partial charge in [-0.25, -0.2) is 0 Å². The van der Waals surface area contributed by atoms with Crippen LogP contribution in [0.1, 0.15) is 31.0 Å². The van der Waals surface area contributed by atoms with E-state index in [2.05, 4.69) is 20.8 Å². The molecule has 2 N–H and O–H groups in total. The number of likely N-dealkylation sites (N-methyl/N-ethyl adjacent to an activating group) is 1. The Morgan fingerprint density at radius 1 is 1.00 bits per heavy atom. The third-order valence-corrected chi connectivity index (χ3v) is 6.94. The predicted molar refractivity (Wildman–Crippen MR) is 139 cm³/mol. The van der Waals surface area contributed by atoms with Gasteiger partial charge in [0.2, 0.25) is 0 Å². The summed E-state index contributed by atoms with van der Waals surface area (Å²) >= 11 is 3.32. The number of Topliss-reactive ketones (excluding diaryl/α,β-unsaturated/α-hetero) is 1. The zero-order valence-corrected chi connectivity index (χ0v) is 22.6. The summed E-state index contributed by atoms with van der Waals surface area (Å²) in [4.78, 5) is 30.1. The van der Waals surface area contributed by atoms with Crippen LogP contribution in [0.2, 0.25) is 0 Å². The van der Waals surface area contributed by atoms with Crippen LogP contribution in [0.4, 0.5) is 0 Å². The van der Waals surface area contributed by atoms with Gasteiger partial charge in [0.1, 0.15) is 5.76 Å². The molecular formula is C26H31BrN2O7. The maximum absolute atomic E-state index is 13.3. The van der Waals surface area contributed by atoms with Crippen molar-refractivity contribution < 1.29 is 34.0 Å². The molecule has 0 unspecified atom stereocenters. The summed E-state index contributed by atoms with van der Waals surface area (Å²) < 4.78 is 16.2. The minimum Gasteiger partial charge on any atom is -0.507 e. The van der Waals surface area contributed by atoms with Gasteiger partial charge in [-0.2, -0.15) is 0 Å². The van der Waals surface area contributed by atoms with Crippen molar-refractivity contribution in [3.05, 3.63) is 51.5 Å². The van der Waals surface area contributed by atoms with Gasteiger partial charge < -0.3 is 34.2 Å². The van der Waals surface area contributed by atoms with Crippen molar-refractivity contribution in [2.24, 2.45) is 0 Å². The standard InChI is InChI=1S/C26H31BrN2O7/c1-6-28(7-2)10-11-29-22(16-12-17(27)24(31)20(14-16)36-5)21(25(32)26(29)33)23(30)15-8-9-18(34-3)19(13-15)35-4/h8-9,12-14,22,30-31H,6-7,10-11H2,1-5H3/t22-/m0/s1. The highest BCUT2D eigenvalue weighted by Crippen LogP contribution is 2.44. The SMILES string of the molecule is CCN(CC)CCN1C(=O)C(=O)C(=C(O)c2ccc(OC)c(OC)c2)[C@@H]1c1cc(Br)c(O)c(OC)c1. The molecule has 1 saturated heterocycles. The second-order valence-corrected chi connectivity index (χ2v) is 9.00. The lowest BCUT2D eigenvalue weighted by Crippen LogP contribution is -2.38. The maximum atomic E-state index is 13.3. The van der Waals surface area contributed by atoms with Crippen LogP contribution in [-0.4, -0.2) is 79.2 Å². The molecule has 0 saturated carbocycles. The van der Waals surface area contributed by atoms with Crippen molar-refractivity contribution in [2.75, 3.05) is 47.5 Å². The molecule has 36 heavy (non-hydrogen) atoms. The fourth-order valence-electron chi connectivity index (χ4n) is 4.29. The first-order chi connectivity index (χ1) is 17.2. The molecule has 2 aromatic rings. The molecule has 2 aromatic carbocycles. The first kappa shape index (κ1) is 27.3. The molecule has 1 heterocycles. The molecule has 1 fully saturated rings. The van der Waals surface area contributed by atoms with Crippen molar-refractivity contribution in [3.63, 3.8) is 0 Å². The molecule has 0 radical (unpaired) electrons. The number of benzene rings is 2. The predicted octanol–water partition coefficient (Wildman–Crippen LogP) is 3.94. The number of ketones is 1. The quantitative estimate of drug-likeness (QED) is 0.254. The Morgan fingerprint density at radius 2 is 1.64 bits per heavy atom. The van der Waals surface area contributed by atoms with Crippen molar-refractivity contribution in [3.8, 4) is 23.0 Å². The van der Waals surface area contributed by atoms with Crippen LogP contribution >= 0.6 is 15.9 Å². The number of phenolic OH excluding ortho intramolecular Hbond substituents is 1. The lowest BCUT2D eigenvalue weighted by molar-refractivity contribution is -0.140. The molecule has 0 aromatic heterocycles. The number of hydrogen-bond donors (Lipinski definition) is 2. The topological polar surface area (TPSA) is 109 Å². The molecule has 3 rings (SSSR count). The number of amides is 1. The number of halogens is 1. The molecule has 1 aliphatic heterocycles. The van der Waals surface area contributed by atoms with Gasteiger partial charge in [0.05, 0.1) is 37.4 Å². The number of rotatable bonds is 10. The van der Waals surface area contributed by atoms with Gasteiger partial charge >= 0.3 is 0 Å². The van der Waals surface area contributed by atoms with E-state index >= 15 is 0 Å². The number of aliphatic hydroxyl groups excluding tert-OH is 1. The van der Waals surface area contributed by atoms with E-state index in [0.717, 1.165) is 13.1 Å². The van der Waals surface area contributed by atoms with Crippen LogP contribution in [0.5, 0.6) is 23.0 Å². The fraction of sp³-hybridized carbons (Fsp3) is 0.385. The van der Waals surface area contributed by atoms with Gasteiger partial charge in [-0.1, -0.05) is 13.8 Å². The van der Waals surface area contributed by atoms with Gasteiger partial charge in [0.15, 0.2) is 23.0 Å². The number of nitrogens with zero attached hydrogens (tertiary/aromatic N) is 2. The third kappa shape index (κ3) is 5.15. The first-order valence-corrected chi connectivity index (χ1v) is 12.3. The fourth-order valence-corrected chi connectivity index (χ4v) is 4.75. The summed E-state index contributed by atoms with van der Waals surface area (Å²) in [5.74, 6) is -0.971. The second kappa shape index (κ2) is 11.7. The number of aliphatic hydroxyl groups is 1. The minimum atomic E-state index is -0.903. The molecule has 0 spiro atoms. The van der Waals surface area contributed by atoms with Crippen LogP contribution in [0.25, 0.3) is 5.76 Å². The third-order valence-electron chi connectivity index (χ3n) is 6.33. The highest BCUT2D eigenvalue weighted by molar-refractivity contribution is 9.10. The molecule has 0 bridgehead atoms. The summed E-state index contributed by atoms with van der Waals surface area (Å²) in [5.41, 5.74) is 0.730. The van der Waals surface area contributed by atoms with Crippen LogP contribution in [0, 0.1) is 0 Å². The van der Waals surface area contributed by atoms with Gasteiger partial charge in [0, 0.05) is 18.7 Å². The van der Waals surface area contributed by atoms with Crippen molar-refractivity contribution >= 4 is 33.4 Å². The highest BCUT2D eigenvalue weighted by atomic mass is 79.9. The molecular weight excluding hydrogens is 532 g/mol. The van der Waals surface area contributed by atoms with E-state index in [1.807, 2.05) is 13.8 Å². The molecule has 1 atom stereocenters.